The lowest BCUT2D eigenvalue weighted by Gasteiger charge is -2.06. The van der Waals surface area contributed by atoms with Crippen molar-refractivity contribution < 1.29 is 18.9 Å². The Labute approximate surface area is 131 Å². The zero-order valence-electron chi connectivity index (χ0n) is 11.7. The van der Waals surface area contributed by atoms with E-state index < -0.39 is 0 Å². The van der Waals surface area contributed by atoms with Crippen LogP contribution in [0, 0.1) is 0 Å². The molecule has 1 aromatic heterocycles. The molecule has 0 spiro atoms. The predicted octanol–water partition coefficient (Wildman–Crippen LogP) is 2.53. The van der Waals surface area contributed by atoms with Gasteiger partial charge in [0, 0.05) is 6.61 Å². The Morgan fingerprint density at radius 3 is 2.05 bits per heavy atom. The quantitative estimate of drug-likeness (QED) is 0.498. The van der Waals surface area contributed by atoms with E-state index in [2.05, 4.69) is 33.1 Å². The van der Waals surface area contributed by atoms with Gasteiger partial charge in [-0.2, -0.15) is 0 Å². The van der Waals surface area contributed by atoms with Crippen LogP contribution < -0.4 is 4.74 Å². The summed E-state index contributed by atoms with van der Waals surface area (Å²) in [5.41, 5.74) is 0. The Morgan fingerprint density at radius 1 is 0.900 bits per heavy atom. The first-order valence-corrected chi connectivity index (χ1v) is 8.29. The van der Waals surface area contributed by atoms with Crippen LogP contribution in [0.15, 0.2) is 3.92 Å². The van der Waals surface area contributed by atoms with Crippen LogP contribution >= 0.6 is 27.3 Å². The monoisotopic (exact) mass is 368 g/mol. The molecule has 0 unspecified atom stereocenters. The number of nitrogens with zero attached hydrogens (tertiary/aromatic N) is 2. The largest absolute Gasteiger partial charge is 0.466 e. The van der Waals surface area contributed by atoms with Gasteiger partial charge >= 0.3 is 0 Å². The maximum absolute atomic E-state index is 5.37. The first kappa shape index (κ1) is 17.8. The van der Waals surface area contributed by atoms with Gasteiger partial charge in [0.1, 0.15) is 6.61 Å². The summed E-state index contributed by atoms with van der Waals surface area (Å²) in [6.45, 7) is 6.31. The van der Waals surface area contributed by atoms with Gasteiger partial charge < -0.3 is 18.9 Å². The minimum atomic E-state index is 0.460. The number of rotatable bonds is 13. The lowest BCUT2D eigenvalue weighted by Crippen LogP contribution is -2.12. The van der Waals surface area contributed by atoms with Crippen molar-refractivity contribution in [2.24, 2.45) is 0 Å². The van der Waals surface area contributed by atoms with Crippen LogP contribution in [0.4, 0.5) is 0 Å². The average molecular weight is 369 g/mol. The van der Waals surface area contributed by atoms with Crippen molar-refractivity contribution in [1.82, 2.24) is 10.2 Å². The molecule has 8 heteroatoms. The van der Waals surface area contributed by atoms with E-state index in [1.54, 1.807) is 0 Å². The summed E-state index contributed by atoms with van der Waals surface area (Å²) in [5.74, 6) is 0. The summed E-state index contributed by atoms with van der Waals surface area (Å²) in [6.07, 6.45) is 2.26. The maximum atomic E-state index is 5.37. The minimum absolute atomic E-state index is 0.460. The number of aromatic nitrogens is 2. The van der Waals surface area contributed by atoms with Gasteiger partial charge in [-0.25, -0.2) is 0 Å². The van der Waals surface area contributed by atoms with Crippen molar-refractivity contribution in [1.29, 1.82) is 0 Å². The van der Waals surface area contributed by atoms with E-state index in [0.717, 1.165) is 19.4 Å². The van der Waals surface area contributed by atoms with Crippen molar-refractivity contribution >= 4 is 27.3 Å². The molecule has 6 nitrogen and oxygen atoms in total. The molecule has 1 aromatic rings. The molecule has 0 atom stereocenters. The number of hydrogen-bond donors (Lipinski definition) is 0. The lowest BCUT2D eigenvalue weighted by molar-refractivity contribution is 0.00891. The molecule has 0 fully saturated rings. The highest BCUT2D eigenvalue weighted by Gasteiger charge is 2.01. The summed E-state index contributed by atoms with van der Waals surface area (Å²) in [7, 11) is 0. The summed E-state index contributed by atoms with van der Waals surface area (Å²) in [4.78, 5) is 0. The van der Waals surface area contributed by atoms with Crippen molar-refractivity contribution in [3.05, 3.63) is 3.92 Å². The summed E-state index contributed by atoms with van der Waals surface area (Å²) in [5, 5.41) is 8.13. The van der Waals surface area contributed by atoms with Crippen LogP contribution in [0.25, 0.3) is 0 Å². The van der Waals surface area contributed by atoms with Gasteiger partial charge in [0.05, 0.1) is 33.0 Å². The van der Waals surface area contributed by atoms with Gasteiger partial charge in [-0.05, 0) is 33.7 Å². The third kappa shape index (κ3) is 9.60. The highest BCUT2D eigenvalue weighted by atomic mass is 79.9. The van der Waals surface area contributed by atoms with Gasteiger partial charge in [-0.3, -0.25) is 0 Å². The number of unbranched alkanes of at least 4 members (excludes halogenated alkanes) is 1. The fourth-order valence-corrected chi connectivity index (χ4v) is 2.17. The molecule has 0 amide bonds. The highest BCUT2D eigenvalue weighted by Crippen LogP contribution is 2.21. The Kier molecular flexibility index (Phi) is 11.1. The standard InChI is InChI=1S/C12H21BrN2O4S/c1-2-3-4-16-5-6-17-7-8-18-9-10-19-12-15-14-11(13)20-12/h2-10H2,1H3. The zero-order valence-corrected chi connectivity index (χ0v) is 14.1. The van der Waals surface area contributed by atoms with Crippen molar-refractivity contribution in [3.63, 3.8) is 0 Å². The van der Waals surface area contributed by atoms with E-state index in [-0.39, 0.29) is 0 Å². The summed E-state index contributed by atoms with van der Waals surface area (Å²) in [6, 6.07) is 0. The number of hydrogen-bond acceptors (Lipinski definition) is 7. The second-order valence-corrected chi connectivity index (χ2v) is 6.08. The molecule has 1 rings (SSSR count). The molecule has 0 aliphatic heterocycles. The Bertz CT molecular complexity index is 341. The molecule has 0 aromatic carbocycles. The molecule has 116 valence electrons. The lowest BCUT2D eigenvalue weighted by atomic mass is 10.4. The maximum Gasteiger partial charge on any atom is 0.294 e. The van der Waals surface area contributed by atoms with E-state index in [1.807, 2.05) is 0 Å². The number of halogens is 1. The smallest absolute Gasteiger partial charge is 0.294 e. The van der Waals surface area contributed by atoms with Crippen molar-refractivity contribution in [2.45, 2.75) is 19.8 Å². The molecule has 0 saturated carbocycles. The van der Waals surface area contributed by atoms with Gasteiger partial charge in [-0.15, -0.1) is 5.10 Å². The average Bonchev–Trinajstić information content (AvgIpc) is 2.86. The van der Waals surface area contributed by atoms with Crippen LogP contribution in [0.3, 0.4) is 0 Å². The Balaban J connectivity index is 1.76. The first-order valence-electron chi connectivity index (χ1n) is 6.68. The van der Waals surface area contributed by atoms with Crippen molar-refractivity contribution in [3.8, 4) is 5.19 Å². The van der Waals surface area contributed by atoms with Gasteiger partial charge in [0.15, 0.2) is 3.92 Å². The minimum Gasteiger partial charge on any atom is -0.466 e. The molecule has 20 heavy (non-hydrogen) atoms. The molecule has 0 aliphatic carbocycles. The topological polar surface area (TPSA) is 62.7 Å². The van der Waals surface area contributed by atoms with E-state index in [9.17, 15) is 0 Å². The van der Waals surface area contributed by atoms with Crippen LogP contribution in [0.1, 0.15) is 19.8 Å². The second kappa shape index (κ2) is 12.5. The summed E-state index contributed by atoms with van der Waals surface area (Å²) >= 11 is 4.57. The molecule has 0 N–H and O–H groups in total. The molecule has 0 saturated heterocycles. The fraction of sp³-hybridized carbons (Fsp3) is 0.833. The summed E-state index contributed by atoms with van der Waals surface area (Å²) < 4.78 is 22.1. The molecular weight excluding hydrogens is 348 g/mol. The van der Waals surface area contributed by atoms with E-state index in [1.165, 1.54) is 11.3 Å². The van der Waals surface area contributed by atoms with Crippen LogP contribution in [-0.4, -0.2) is 56.4 Å². The Hall–Kier alpha value is -0.280. The SMILES string of the molecule is CCCCOCCOCCOCCOc1nnc(Br)s1. The van der Waals surface area contributed by atoms with Gasteiger partial charge in [-0.1, -0.05) is 18.4 Å². The number of ether oxygens (including phenoxy) is 4. The zero-order chi connectivity index (χ0) is 14.5. The normalized spacial score (nSPS) is 10.9. The molecule has 0 bridgehead atoms. The highest BCUT2D eigenvalue weighted by molar-refractivity contribution is 9.11. The van der Waals surface area contributed by atoms with E-state index in [0.29, 0.717) is 48.8 Å². The molecule has 1 heterocycles. The van der Waals surface area contributed by atoms with Crippen LogP contribution in [0.2, 0.25) is 0 Å². The van der Waals surface area contributed by atoms with Crippen LogP contribution in [-0.2, 0) is 14.2 Å². The third-order valence-corrected chi connectivity index (χ3v) is 3.49. The first-order chi connectivity index (χ1) is 9.83. The van der Waals surface area contributed by atoms with Crippen molar-refractivity contribution in [2.75, 3.05) is 46.2 Å². The van der Waals surface area contributed by atoms with Gasteiger partial charge in [0.25, 0.3) is 5.19 Å². The molecule has 0 aliphatic rings. The Morgan fingerprint density at radius 2 is 1.50 bits per heavy atom. The molecule has 0 radical (unpaired) electrons. The predicted molar refractivity (Wildman–Crippen MR) is 80.5 cm³/mol. The van der Waals surface area contributed by atoms with E-state index >= 15 is 0 Å². The van der Waals surface area contributed by atoms with Crippen LogP contribution in [0.5, 0.6) is 5.19 Å². The second-order valence-electron chi connectivity index (χ2n) is 3.86. The van der Waals surface area contributed by atoms with Gasteiger partial charge in [0.2, 0.25) is 0 Å². The van der Waals surface area contributed by atoms with E-state index in [4.69, 9.17) is 18.9 Å². The fourth-order valence-electron chi connectivity index (χ4n) is 1.23. The third-order valence-electron chi connectivity index (χ3n) is 2.22. The molecular formula is C12H21BrN2O4S.